The molecule has 0 radical (unpaired) electrons. The topological polar surface area (TPSA) is 72.8 Å². The van der Waals surface area contributed by atoms with Crippen molar-refractivity contribution in [1.29, 1.82) is 0 Å². The number of halogens is 1. The first-order valence-corrected chi connectivity index (χ1v) is 6.61. The van der Waals surface area contributed by atoms with E-state index in [0.29, 0.717) is 0 Å². The fourth-order valence-electron chi connectivity index (χ4n) is 2.27. The third-order valence-corrected chi connectivity index (χ3v) is 3.15. The highest BCUT2D eigenvalue weighted by atomic mass is 19.1. The van der Waals surface area contributed by atoms with Crippen molar-refractivity contribution in [3.63, 3.8) is 0 Å². The molecule has 2 rings (SSSR count). The minimum atomic E-state index is -1.38. The highest BCUT2D eigenvalue weighted by Gasteiger charge is 2.47. The van der Waals surface area contributed by atoms with Gasteiger partial charge in [0, 0.05) is 25.5 Å². The van der Waals surface area contributed by atoms with E-state index in [1.807, 2.05) is 0 Å². The molecule has 0 aromatic heterocycles. The van der Waals surface area contributed by atoms with Gasteiger partial charge in [-0.15, -0.1) is 5.92 Å². The van der Waals surface area contributed by atoms with Crippen molar-refractivity contribution in [2.45, 2.75) is 32.5 Å². The Labute approximate surface area is 127 Å². The van der Waals surface area contributed by atoms with Crippen LogP contribution in [0.5, 0.6) is 5.75 Å². The molecule has 1 N–H and O–H groups in total. The summed E-state index contributed by atoms with van der Waals surface area (Å²) >= 11 is 0. The second kappa shape index (κ2) is 5.68. The number of phenolic OH excluding ortho intramolecular Hbond substituents is 1. The van der Waals surface area contributed by atoms with Crippen LogP contribution in [-0.4, -0.2) is 22.8 Å². The summed E-state index contributed by atoms with van der Waals surface area (Å²) in [6, 6.07) is 3.43. The molecule has 0 saturated carbocycles. The number of hydrogen-bond donors (Lipinski definition) is 1. The zero-order chi connectivity index (χ0) is 16.5. The van der Waals surface area contributed by atoms with Crippen molar-refractivity contribution < 1.29 is 28.6 Å². The summed E-state index contributed by atoms with van der Waals surface area (Å²) in [5.41, 5.74) is 0.0192. The summed E-state index contributed by atoms with van der Waals surface area (Å²) in [5, 5.41) is 9.27. The molecule has 1 fully saturated rings. The third-order valence-electron chi connectivity index (χ3n) is 3.15. The number of carbonyl (C=O) groups is 2. The smallest absolute Gasteiger partial charge is 0.325 e. The van der Waals surface area contributed by atoms with Gasteiger partial charge in [0.2, 0.25) is 0 Å². The van der Waals surface area contributed by atoms with Crippen LogP contribution < -0.4 is 0 Å². The summed E-state index contributed by atoms with van der Waals surface area (Å²) in [5.74, 6) is -1.24. The zero-order valence-electron chi connectivity index (χ0n) is 12.3. The number of rotatable bonds is 2. The van der Waals surface area contributed by atoms with E-state index < -0.39 is 35.4 Å². The molecule has 1 aliphatic heterocycles. The molecular weight excluding hydrogens is 291 g/mol. The molecular formula is C16H15FO5. The number of cyclic esters (lactones) is 2. The van der Waals surface area contributed by atoms with Gasteiger partial charge in [-0.05, 0) is 13.0 Å². The van der Waals surface area contributed by atoms with E-state index in [0.717, 1.165) is 6.07 Å². The lowest BCUT2D eigenvalue weighted by Gasteiger charge is -2.34. The van der Waals surface area contributed by atoms with Crippen LogP contribution in [0, 0.1) is 23.6 Å². The van der Waals surface area contributed by atoms with Crippen LogP contribution in [0.15, 0.2) is 18.2 Å². The predicted molar refractivity (Wildman–Crippen MR) is 74.0 cm³/mol. The van der Waals surface area contributed by atoms with Crippen molar-refractivity contribution in [3.05, 3.63) is 29.6 Å². The third kappa shape index (κ3) is 3.03. The number of ether oxygens (including phenoxy) is 2. The Kier molecular flexibility index (Phi) is 4.09. The van der Waals surface area contributed by atoms with Crippen molar-refractivity contribution in [1.82, 2.24) is 0 Å². The second-order valence-corrected chi connectivity index (χ2v) is 5.30. The Morgan fingerprint density at radius 3 is 2.36 bits per heavy atom. The van der Waals surface area contributed by atoms with E-state index in [1.165, 1.54) is 32.9 Å². The molecule has 1 unspecified atom stereocenters. The highest BCUT2D eigenvalue weighted by Crippen LogP contribution is 2.35. The molecule has 6 heteroatoms. The quantitative estimate of drug-likeness (QED) is 0.514. The van der Waals surface area contributed by atoms with Crippen LogP contribution in [0.25, 0.3) is 0 Å². The van der Waals surface area contributed by atoms with Gasteiger partial charge in [0.25, 0.3) is 5.79 Å². The Morgan fingerprint density at radius 1 is 1.27 bits per heavy atom. The number of carbonyl (C=O) groups excluding carboxylic acids is 2. The van der Waals surface area contributed by atoms with Gasteiger partial charge < -0.3 is 14.6 Å². The van der Waals surface area contributed by atoms with Crippen molar-refractivity contribution in [2.24, 2.45) is 5.92 Å². The lowest BCUT2D eigenvalue weighted by atomic mass is 9.85. The van der Waals surface area contributed by atoms with Crippen molar-refractivity contribution >= 4 is 11.9 Å². The van der Waals surface area contributed by atoms with E-state index in [1.54, 1.807) is 0 Å². The number of benzene rings is 1. The molecule has 1 saturated heterocycles. The molecule has 1 aromatic rings. The van der Waals surface area contributed by atoms with Gasteiger partial charge in [0.05, 0.1) is 5.92 Å². The minimum Gasteiger partial charge on any atom is -0.508 e. The number of hydrogen-bond acceptors (Lipinski definition) is 5. The van der Waals surface area contributed by atoms with Crippen LogP contribution in [0.3, 0.4) is 0 Å². The Hall–Kier alpha value is -2.55. The molecule has 1 heterocycles. The number of esters is 2. The van der Waals surface area contributed by atoms with Crippen molar-refractivity contribution in [2.75, 3.05) is 0 Å². The van der Waals surface area contributed by atoms with Crippen molar-refractivity contribution in [3.8, 4) is 17.6 Å². The largest absolute Gasteiger partial charge is 0.508 e. The fraction of sp³-hybridized carbons (Fsp3) is 0.375. The standard InChI is InChI=1S/C16H15FO5/c1-4-5-11(10-7-6-9(18)8-12(10)17)13-14(19)21-16(2,3)22-15(13)20/h6-8,11,13,18H,1-3H3. The van der Waals surface area contributed by atoms with Crippen LogP contribution in [0.4, 0.5) is 4.39 Å². The molecule has 0 bridgehead atoms. The number of phenols is 1. The Bertz CT molecular complexity index is 664. The fourth-order valence-corrected chi connectivity index (χ4v) is 2.27. The van der Waals surface area contributed by atoms with E-state index in [9.17, 15) is 19.1 Å². The number of aromatic hydroxyl groups is 1. The molecule has 1 aliphatic rings. The van der Waals surface area contributed by atoms with E-state index >= 15 is 0 Å². The molecule has 1 aromatic carbocycles. The maximum Gasteiger partial charge on any atom is 0.325 e. The SMILES string of the molecule is CC#CC(c1ccc(O)cc1F)C1C(=O)OC(C)(C)OC1=O. The van der Waals surface area contributed by atoms with Gasteiger partial charge in [-0.1, -0.05) is 12.0 Å². The zero-order valence-corrected chi connectivity index (χ0v) is 12.3. The average molecular weight is 306 g/mol. The van der Waals surface area contributed by atoms with Gasteiger partial charge >= 0.3 is 11.9 Å². The molecule has 0 amide bonds. The van der Waals surface area contributed by atoms with Gasteiger partial charge in [0.1, 0.15) is 11.6 Å². The van der Waals surface area contributed by atoms with Crippen LogP contribution in [-0.2, 0) is 19.1 Å². The summed E-state index contributed by atoms with van der Waals surface area (Å²) < 4.78 is 24.1. The molecule has 1 atom stereocenters. The van der Waals surface area contributed by atoms with Crippen LogP contribution in [0.2, 0.25) is 0 Å². The normalized spacial score (nSPS) is 18.7. The van der Waals surface area contributed by atoms with Crippen LogP contribution >= 0.6 is 0 Å². The summed E-state index contributed by atoms with van der Waals surface area (Å²) in [6.07, 6.45) is 0. The second-order valence-electron chi connectivity index (χ2n) is 5.30. The molecule has 5 nitrogen and oxygen atoms in total. The molecule has 22 heavy (non-hydrogen) atoms. The molecule has 0 spiro atoms. The first-order valence-electron chi connectivity index (χ1n) is 6.61. The lowest BCUT2D eigenvalue weighted by molar-refractivity contribution is -0.240. The summed E-state index contributed by atoms with van der Waals surface area (Å²) in [4.78, 5) is 24.3. The van der Waals surface area contributed by atoms with Crippen LogP contribution in [0.1, 0.15) is 32.3 Å². The average Bonchev–Trinajstić information content (AvgIpc) is 2.35. The lowest BCUT2D eigenvalue weighted by Crippen LogP contribution is -2.48. The first-order chi connectivity index (χ1) is 10.2. The van der Waals surface area contributed by atoms with Gasteiger partial charge in [-0.25, -0.2) is 4.39 Å². The minimum absolute atomic E-state index is 0.0192. The van der Waals surface area contributed by atoms with Gasteiger partial charge in [-0.2, -0.15) is 0 Å². The van der Waals surface area contributed by atoms with E-state index in [-0.39, 0.29) is 11.3 Å². The summed E-state index contributed by atoms with van der Waals surface area (Å²) in [6.45, 7) is 4.37. The van der Waals surface area contributed by atoms with Gasteiger partial charge in [-0.3, -0.25) is 9.59 Å². The van der Waals surface area contributed by atoms with E-state index in [4.69, 9.17) is 9.47 Å². The molecule has 116 valence electrons. The maximum absolute atomic E-state index is 14.1. The predicted octanol–water partition coefficient (Wildman–Crippen LogP) is 2.09. The Balaban J connectivity index is 2.46. The Morgan fingerprint density at radius 2 is 1.86 bits per heavy atom. The van der Waals surface area contributed by atoms with Gasteiger partial charge in [0.15, 0.2) is 5.92 Å². The monoisotopic (exact) mass is 306 g/mol. The van der Waals surface area contributed by atoms with E-state index in [2.05, 4.69) is 11.8 Å². The molecule has 0 aliphatic carbocycles. The summed E-state index contributed by atoms with van der Waals surface area (Å²) in [7, 11) is 0. The first kappa shape index (κ1) is 15.8. The highest BCUT2D eigenvalue weighted by molar-refractivity contribution is 5.98. The maximum atomic E-state index is 14.1.